The van der Waals surface area contributed by atoms with Gasteiger partial charge in [-0.05, 0) is 58.7 Å². The Kier molecular flexibility index (Phi) is 4.31. The molecule has 3 nitrogen and oxygen atoms in total. The first kappa shape index (κ1) is 15.1. The summed E-state index contributed by atoms with van der Waals surface area (Å²) in [5, 5.41) is 0. The van der Waals surface area contributed by atoms with Crippen LogP contribution in [0.2, 0.25) is 0 Å². The van der Waals surface area contributed by atoms with Gasteiger partial charge in [-0.1, -0.05) is 36.4 Å². The first-order valence-electron chi connectivity index (χ1n) is 7.18. The minimum absolute atomic E-state index is 0.726. The molecule has 0 aromatic heterocycles. The molecule has 0 radical (unpaired) electrons. The van der Waals surface area contributed by atoms with Gasteiger partial charge in [0.25, 0.3) is 0 Å². The number of nitrogens with two attached hydrogens (primary N) is 2. The summed E-state index contributed by atoms with van der Waals surface area (Å²) in [7, 11) is 0. The van der Waals surface area contributed by atoms with Crippen molar-refractivity contribution in [3.05, 3.63) is 89.5 Å². The summed E-state index contributed by atoms with van der Waals surface area (Å²) in [5.74, 6) is 0. The fourth-order valence-electron chi connectivity index (χ4n) is 2.48. The Labute approximate surface area is 140 Å². The van der Waals surface area contributed by atoms with E-state index in [1.165, 1.54) is 0 Å². The summed E-state index contributed by atoms with van der Waals surface area (Å²) in [6.45, 7) is 0. The number of benzene rings is 2. The largest absolute Gasteiger partial charge is 0.399 e. The van der Waals surface area contributed by atoms with E-state index in [0.717, 1.165) is 39.4 Å². The van der Waals surface area contributed by atoms with Crippen LogP contribution in [0, 0.1) is 0 Å². The third-order valence-corrected chi connectivity index (χ3v) is 3.85. The molecule has 0 heterocycles. The maximum atomic E-state index is 5.81. The minimum Gasteiger partial charge on any atom is -0.399 e. The van der Waals surface area contributed by atoms with E-state index in [1.807, 2.05) is 72.8 Å². The van der Waals surface area contributed by atoms with Gasteiger partial charge < -0.3 is 11.5 Å². The summed E-state index contributed by atoms with van der Waals surface area (Å²) in [5.41, 5.74) is 18.2. The Morgan fingerprint density at radius 1 is 0.696 bits per heavy atom. The molecular formula is C19H16ClN3. The van der Waals surface area contributed by atoms with Crippen molar-refractivity contribution in [2.45, 2.75) is 0 Å². The first-order valence-corrected chi connectivity index (χ1v) is 7.52. The molecule has 0 fully saturated rings. The van der Waals surface area contributed by atoms with E-state index in [4.69, 9.17) is 23.2 Å². The monoisotopic (exact) mass is 321 g/mol. The average Bonchev–Trinajstić information content (AvgIpc) is 2.59. The zero-order chi connectivity index (χ0) is 16.2. The number of nitrogens with zero attached hydrogens (tertiary/aromatic N) is 1. The van der Waals surface area contributed by atoms with Crippen LogP contribution in [0.1, 0.15) is 11.1 Å². The maximum Gasteiger partial charge on any atom is 0.0777 e. The molecule has 1 aliphatic rings. The van der Waals surface area contributed by atoms with E-state index in [1.54, 1.807) is 0 Å². The highest BCUT2D eigenvalue weighted by molar-refractivity contribution is 6.24. The number of nitrogen functional groups attached to an aromatic ring is 2. The van der Waals surface area contributed by atoms with Crippen LogP contribution < -0.4 is 11.5 Å². The molecule has 1 aliphatic carbocycles. The zero-order valence-electron chi connectivity index (χ0n) is 12.4. The van der Waals surface area contributed by atoms with Crippen molar-refractivity contribution in [3.63, 3.8) is 0 Å². The molecule has 0 spiro atoms. The molecule has 0 atom stereocenters. The normalized spacial score (nSPS) is 13.3. The predicted molar refractivity (Wildman–Crippen MR) is 99.3 cm³/mol. The molecule has 0 bridgehead atoms. The Morgan fingerprint density at radius 2 is 1.13 bits per heavy atom. The Bertz CT molecular complexity index is 760. The van der Waals surface area contributed by atoms with E-state index in [9.17, 15) is 0 Å². The second kappa shape index (κ2) is 6.55. The van der Waals surface area contributed by atoms with Gasteiger partial charge >= 0.3 is 0 Å². The summed E-state index contributed by atoms with van der Waals surface area (Å²) >= 11 is 5.52. The highest BCUT2D eigenvalue weighted by Gasteiger charge is 2.11. The van der Waals surface area contributed by atoms with Crippen molar-refractivity contribution in [2.75, 3.05) is 11.5 Å². The molecule has 0 aliphatic heterocycles. The van der Waals surface area contributed by atoms with Crippen LogP contribution >= 0.6 is 11.8 Å². The van der Waals surface area contributed by atoms with E-state index in [0.29, 0.717) is 0 Å². The summed E-state index contributed by atoms with van der Waals surface area (Å²) in [4.78, 5) is 0. The van der Waals surface area contributed by atoms with Gasteiger partial charge in [0.1, 0.15) is 0 Å². The van der Waals surface area contributed by atoms with Gasteiger partial charge in [-0.2, -0.15) is 4.51 Å². The predicted octanol–water partition coefficient (Wildman–Crippen LogP) is 4.37. The fourth-order valence-corrected chi connectivity index (χ4v) is 2.60. The third-order valence-electron chi connectivity index (χ3n) is 3.65. The number of halogens is 1. The number of hydrogen-bond acceptors (Lipinski definition) is 3. The van der Waals surface area contributed by atoms with Crippen molar-refractivity contribution in [2.24, 2.45) is 4.51 Å². The van der Waals surface area contributed by atoms with Gasteiger partial charge in [0.15, 0.2) is 0 Å². The van der Waals surface area contributed by atoms with Gasteiger partial charge in [0.05, 0.1) is 5.71 Å². The van der Waals surface area contributed by atoms with Crippen molar-refractivity contribution in [1.29, 1.82) is 0 Å². The number of rotatable bonds is 2. The number of allylic oxidation sites excluding steroid dienone is 5. The second-order valence-electron chi connectivity index (χ2n) is 5.25. The van der Waals surface area contributed by atoms with E-state index in [-0.39, 0.29) is 0 Å². The van der Waals surface area contributed by atoms with Gasteiger partial charge in [0, 0.05) is 23.2 Å². The molecule has 4 heteroatoms. The lowest BCUT2D eigenvalue weighted by Crippen LogP contribution is -1.98. The van der Waals surface area contributed by atoms with E-state index in [2.05, 4.69) is 4.51 Å². The van der Waals surface area contributed by atoms with E-state index < -0.39 is 0 Å². The van der Waals surface area contributed by atoms with Crippen LogP contribution in [0.3, 0.4) is 0 Å². The Hall–Kier alpha value is -2.78. The fraction of sp³-hybridized carbons (Fsp3) is 0. The SMILES string of the molecule is Nc1ccc(C(=C2C=CC(=NCl)C=C2)c2ccc(N)cc2)cc1. The maximum absolute atomic E-state index is 5.81. The van der Waals surface area contributed by atoms with Crippen LogP contribution in [0.5, 0.6) is 0 Å². The zero-order valence-corrected chi connectivity index (χ0v) is 13.2. The quantitative estimate of drug-likeness (QED) is 0.806. The standard InChI is InChI=1S/C19H16ClN3/c20-23-18-11-5-15(6-12-18)19(13-1-7-16(21)8-2-13)14-3-9-17(22)10-4-14/h1-12H,21-22H2. The average molecular weight is 322 g/mol. The molecule has 4 N–H and O–H groups in total. The molecule has 3 rings (SSSR count). The molecule has 114 valence electrons. The molecule has 0 amide bonds. The second-order valence-corrected chi connectivity index (χ2v) is 5.42. The minimum atomic E-state index is 0.726. The molecular weight excluding hydrogens is 306 g/mol. The summed E-state index contributed by atoms with van der Waals surface area (Å²) in [6, 6.07) is 15.7. The van der Waals surface area contributed by atoms with Gasteiger partial charge in [0.2, 0.25) is 0 Å². The van der Waals surface area contributed by atoms with Crippen LogP contribution in [0.4, 0.5) is 11.4 Å². The highest BCUT2D eigenvalue weighted by atomic mass is 35.5. The van der Waals surface area contributed by atoms with Crippen LogP contribution in [0.15, 0.2) is 82.9 Å². The summed E-state index contributed by atoms with van der Waals surface area (Å²) in [6.07, 6.45) is 7.78. The number of anilines is 2. The lowest BCUT2D eigenvalue weighted by Gasteiger charge is -2.14. The van der Waals surface area contributed by atoms with Crippen LogP contribution in [-0.4, -0.2) is 5.71 Å². The molecule has 2 aromatic rings. The van der Waals surface area contributed by atoms with Crippen molar-refractivity contribution in [3.8, 4) is 0 Å². The molecule has 0 unspecified atom stereocenters. The van der Waals surface area contributed by atoms with Crippen LogP contribution in [-0.2, 0) is 0 Å². The van der Waals surface area contributed by atoms with Crippen LogP contribution in [0.25, 0.3) is 5.57 Å². The molecule has 0 saturated carbocycles. The molecule has 0 saturated heterocycles. The third kappa shape index (κ3) is 3.35. The van der Waals surface area contributed by atoms with Crippen molar-refractivity contribution < 1.29 is 0 Å². The topological polar surface area (TPSA) is 64.4 Å². The van der Waals surface area contributed by atoms with E-state index >= 15 is 0 Å². The Morgan fingerprint density at radius 3 is 1.52 bits per heavy atom. The lowest BCUT2D eigenvalue weighted by atomic mass is 9.90. The molecule has 2 aromatic carbocycles. The Balaban J connectivity index is 2.17. The lowest BCUT2D eigenvalue weighted by molar-refractivity contribution is 1.51. The van der Waals surface area contributed by atoms with Gasteiger partial charge in [-0.15, -0.1) is 0 Å². The first-order chi connectivity index (χ1) is 11.2. The van der Waals surface area contributed by atoms with Gasteiger partial charge in [-0.25, -0.2) is 0 Å². The van der Waals surface area contributed by atoms with Crippen molar-refractivity contribution in [1.82, 2.24) is 0 Å². The molecule has 23 heavy (non-hydrogen) atoms. The highest BCUT2D eigenvalue weighted by Crippen LogP contribution is 2.30. The number of hydrogen-bond donors (Lipinski definition) is 2. The summed E-state index contributed by atoms with van der Waals surface area (Å²) < 4.78 is 3.67. The smallest absolute Gasteiger partial charge is 0.0777 e. The van der Waals surface area contributed by atoms with Crippen molar-refractivity contribution >= 4 is 34.4 Å². The van der Waals surface area contributed by atoms with Gasteiger partial charge in [-0.3, -0.25) is 0 Å².